The summed E-state index contributed by atoms with van der Waals surface area (Å²) < 4.78 is 65.1. The molecule has 0 spiro atoms. The smallest absolute Gasteiger partial charge is 0.407 e. The van der Waals surface area contributed by atoms with E-state index in [2.05, 4.69) is 5.32 Å². The van der Waals surface area contributed by atoms with Gasteiger partial charge in [-0.1, -0.05) is 126 Å². The van der Waals surface area contributed by atoms with Crippen molar-refractivity contribution in [2.75, 3.05) is 26.9 Å². The van der Waals surface area contributed by atoms with Crippen LogP contribution in [0.2, 0.25) is 0 Å². The Morgan fingerprint density at radius 3 is 1.61 bits per heavy atom. The molecule has 2 aliphatic heterocycles. The van der Waals surface area contributed by atoms with Crippen LogP contribution in [-0.2, 0) is 86.3 Å². The van der Waals surface area contributed by atoms with E-state index in [0.29, 0.717) is 0 Å². The van der Waals surface area contributed by atoms with E-state index >= 15 is 0 Å². The Labute approximate surface area is 374 Å². The zero-order valence-electron chi connectivity index (χ0n) is 34.4. The van der Waals surface area contributed by atoms with Crippen LogP contribution in [0.5, 0.6) is 0 Å². The van der Waals surface area contributed by atoms with E-state index < -0.39 is 102 Å². The summed E-state index contributed by atoms with van der Waals surface area (Å²) in [6.07, 6.45) is -12.4. The van der Waals surface area contributed by atoms with Crippen molar-refractivity contribution in [1.82, 2.24) is 5.32 Å². The lowest BCUT2D eigenvalue weighted by molar-refractivity contribution is -0.357. The molecule has 0 bridgehead atoms. The van der Waals surface area contributed by atoms with Crippen LogP contribution in [-0.4, -0.2) is 116 Å². The summed E-state index contributed by atoms with van der Waals surface area (Å²) >= 11 is 17.6. The van der Waals surface area contributed by atoms with Crippen LogP contribution in [0.25, 0.3) is 0 Å². The average Bonchev–Trinajstić information content (AvgIpc) is 3.23. The summed E-state index contributed by atoms with van der Waals surface area (Å²) in [5.74, 6) is -2.34. The number of carbonyl (C=O) groups excluding carboxylic acids is 4. The van der Waals surface area contributed by atoms with Gasteiger partial charge in [0.1, 0.15) is 49.8 Å². The van der Waals surface area contributed by atoms with Gasteiger partial charge in [0.05, 0.1) is 26.4 Å². The first-order valence-electron chi connectivity index (χ1n) is 19.6. The van der Waals surface area contributed by atoms with Crippen molar-refractivity contribution in [2.45, 2.75) is 106 Å². The van der Waals surface area contributed by atoms with Crippen molar-refractivity contribution in [1.29, 1.82) is 0 Å². The molecule has 2 aliphatic rings. The lowest BCUT2D eigenvalue weighted by Crippen LogP contribution is -2.69. The highest BCUT2D eigenvalue weighted by Gasteiger charge is 2.56. The fraction of sp³-hybridized carbons (Fsp3) is 0.488. The van der Waals surface area contributed by atoms with Gasteiger partial charge in [-0.25, -0.2) is 4.79 Å². The zero-order chi connectivity index (χ0) is 44.6. The molecule has 62 heavy (non-hydrogen) atoms. The second kappa shape index (κ2) is 24.1. The molecule has 16 nitrogen and oxygen atoms in total. The van der Waals surface area contributed by atoms with E-state index in [1.54, 1.807) is 0 Å². The van der Waals surface area contributed by atoms with E-state index in [1.807, 2.05) is 91.0 Å². The molecule has 0 unspecified atom stereocenters. The quantitative estimate of drug-likeness (QED) is 0.0872. The number of hydrogen-bond acceptors (Lipinski definition) is 15. The third-order valence-electron chi connectivity index (χ3n) is 9.43. The van der Waals surface area contributed by atoms with Crippen LogP contribution in [0.1, 0.15) is 37.5 Å². The van der Waals surface area contributed by atoms with Gasteiger partial charge in [0.25, 0.3) is 0 Å². The molecule has 3 aromatic rings. The molecule has 2 fully saturated rings. The lowest BCUT2D eigenvalue weighted by Gasteiger charge is -2.49. The van der Waals surface area contributed by atoms with Crippen molar-refractivity contribution in [3.63, 3.8) is 0 Å². The maximum atomic E-state index is 13.4. The maximum Gasteiger partial charge on any atom is 0.407 e. The molecule has 19 heteroatoms. The molecule has 2 saturated heterocycles. The maximum absolute atomic E-state index is 13.4. The Balaban J connectivity index is 1.59. The molecule has 0 aliphatic carbocycles. The van der Waals surface area contributed by atoms with Gasteiger partial charge >= 0.3 is 24.0 Å². The summed E-state index contributed by atoms with van der Waals surface area (Å²) in [6.45, 7) is 2.56. The number of alkyl carbamates (subject to hydrolysis) is 1. The molecule has 3 aromatic carbocycles. The van der Waals surface area contributed by atoms with Gasteiger partial charge in [-0.2, -0.15) is 0 Å². The minimum absolute atomic E-state index is 0.0181. The number of nitrogens with one attached hydrogen (secondary N) is 1. The molecule has 5 rings (SSSR count). The van der Waals surface area contributed by atoms with Crippen molar-refractivity contribution >= 4 is 58.8 Å². The van der Waals surface area contributed by atoms with Gasteiger partial charge in [0, 0.05) is 27.9 Å². The Kier molecular flexibility index (Phi) is 19.0. The standard InChI is InChI=1S/C43H50Cl3NO15/c1-26(48)54-24-33-36(58-27(2)49)37(59-28(3)50)34(47-42(51)57-25-43(44,45)46)40(60-33)62-38-35(55-21-30-16-10-6-11-17-30)32(23-53-20-29-14-8-5-9-15-29)61-41(52-4)39(38)56-22-31-18-12-7-13-19-31/h5-19,32-41H,20-25H2,1-4H3,(H,47,51)/t32-,33-,34-,35-,36-,37-,38+,39-,40+,41+/m1/s1. The minimum atomic E-state index is -2.00. The molecule has 1 N–H and O–H groups in total. The van der Waals surface area contributed by atoms with Gasteiger partial charge in [-0.05, 0) is 16.7 Å². The lowest BCUT2D eigenvalue weighted by atomic mass is 9.94. The molecule has 0 saturated carbocycles. The highest BCUT2D eigenvalue weighted by atomic mass is 35.6. The Bertz CT molecular complexity index is 1860. The number of halogens is 3. The normalized spacial score (nSPS) is 26.2. The van der Waals surface area contributed by atoms with Gasteiger partial charge in [-0.15, -0.1) is 0 Å². The fourth-order valence-corrected chi connectivity index (χ4v) is 6.95. The second-order valence-electron chi connectivity index (χ2n) is 14.3. The Morgan fingerprint density at radius 2 is 1.10 bits per heavy atom. The number of alkyl halides is 3. The van der Waals surface area contributed by atoms with Crippen molar-refractivity contribution in [3.8, 4) is 0 Å². The minimum Gasteiger partial charge on any atom is -0.463 e. The predicted molar refractivity (Wildman–Crippen MR) is 222 cm³/mol. The van der Waals surface area contributed by atoms with E-state index in [9.17, 15) is 19.2 Å². The first-order chi connectivity index (χ1) is 29.7. The third kappa shape index (κ3) is 15.3. The highest BCUT2D eigenvalue weighted by molar-refractivity contribution is 6.67. The van der Waals surface area contributed by atoms with Gasteiger partial charge in [0.15, 0.2) is 24.8 Å². The van der Waals surface area contributed by atoms with Gasteiger partial charge in [-0.3, -0.25) is 14.4 Å². The van der Waals surface area contributed by atoms with Crippen LogP contribution < -0.4 is 5.32 Å². The highest BCUT2D eigenvalue weighted by Crippen LogP contribution is 2.35. The molecule has 10 atom stereocenters. The monoisotopic (exact) mass is 925 g/mol. The summed E-state index contributed by atoms with van der Waals surface area (Å²) in [6, 6.07) is 26.7. The molecule has 0 radical (unpaired) electrons. The number of rotatable bonds is 19. The van der Waals surface area contributed by atoms with Crippen LogP contribution in [0, 0.1) is 0 Å². The van der Waals surface area contributed by atoms with Gasteiger partial charge in [0.2, 0.25) is 3.79 Å². The average molecular weight is 927 g/mol. The van der Waals surface area contributed by atoms with Crippen molar-refractivity contribution < 1.29 is 71.3 Å². The second-order valence-corrected chi connectivity index (χ2v) is 16.8. The van der Waals surface area contributed by atoms with E-state index in [0.717, 1.165) is 30.5 Å². The number of ether oxygens (including phenoxy) is 11. The summed E-state index contributed by atoms with van der Waals surface area (Å²) in [4.78, 5) is 50.8. The largest absolute Gasteiger partial charge is 0.463 e. The van der Waals surface area contributed by atoms with Crippen LogP contribution in [0.4, 0.5) is 4.79 Å². The summed E-state index contributed by atoms with van der Waals surface area (Å²) in [5, 5.41) is 2.58. The van der Waals surface area contributed by atoms with Gasteiger partial charge < -0.3 is 57.4 Å². The third-order valence-corrected chi connectivity index (χ3v) is 9.76. The SMILES string of the molecule is CO[C@H]1O[C@H](COCc2ccccc2)[C@@H](OCc2ccccc2)[C@H](O[C@@H]2O[C@H](COC(C)=O)[C@@H](OC(C)=O)[C@H](OC(C)=O)[C@H]2NC(=O)OCC(Cl)(Cl)Cl)[C@H]1OCc1ccccc1. The Hall–Kier alpha value is -4.07. The van der Waals surface area contributed by atoms with Crippen LogP contribution in [0.3, 0.4) is 0 Å². The molecule has 2 heterocycles. The zero-order valence-corrected chi connectivity index (χ0v) is 36.7. The number of methoxy groups -OCH3 is 1. The molecule has 1 amide bonds. The number of hydrogen-bond donors (Lipinski definition) is 1. The van der Waals surface area contributed by atoms with Crippen LogP contribution in [0.15, 0.2) is 91.0 Å². The molecular weight excluding hydrogens is 877 g/mol. The first-order valence-corrected chi connectivity index (χ1v) is 20.7. The first kappa shape index (κ1) is 49.0. The Morgan fingerprint density at radius 1 is 0.597 bits per heavy atom. The topological polar surface area (TPSA) is 182 Å². The molecule has 338 valence electrons. The number of benzene rings is 3. The van der Waals surface area contributed by atoms with E-state index in [4.69, 9.17) is 86.9 Å². The van der Waals surface area contributed by atoms with E-state index in [-0.39, 0.29) is 26.4 Å². The number of amides is 1. The molecular formula is C43H50Cl3NO15. The van der Waals surface area contributed by atoms with Crippen LogP contribution >= 0.6 is 34.8 Å². The van der Waals surface area contributed by atoms with E-state index in [1.165, 1.54) is 14.0 Å². The van der Waals surface area contributed by atoms with Crippen molar-refractivity contribution in [3.05, 3.63) is 108 Å². The van der Waals surface area contributed by atoms with Crippen molar-refractivity contribution in [2.24, 2.45) is 0 Å². The number of esters is 3. The summed E-state index contributed by atoms with van der Waals surface area (Å²) in [5.41, 5.74) is 2.53. The predicted octanol–water partition coefficient (Wildman–Crippen LogP) is 5.75. The fourth-order valence-electron chi connectivity index (χ4n) is 6.79. The number of carbonyl (C=O) groups is 4. The molecule has 0 aromatic heterocycles. The summed E-state index contributed by atoms with van der Waals surface area (Å²) in [7, 11) is 1.44.